The predicted octanol–water partition coefficient (Wildman–Crippen LogP) is 1.40. The molecule has 2 rings (SSSR count). The Labute approximate surface area is 129 Å². The molecule has 1 fully saturated rings. The molecule has 1 aromatic rings. The molecule has 0 aromatic heterocycles. The molecule has 2 amide bonds. The van der Waals surface area contributed by atoms with Gasteiger partial charge in [0.25, 0.3) is 5.91 Å². The van der Waals surface area contributed by atoms with E-state index in [0.29, 0.717) is 37.7 Å². The summed E-state index contributed by atoms with van der Waals surface area (Å²) in [4.78, 5) is 26.1. The summed E-state index contributed by atoms with van der Waals surface area (Å²) in [6.07, 6.45) is 0. The zero-order chi connectivity index (χ0) is 15.2. The number of amides is 2. The zero-order valence-corrected chi connectivity index (χ0v) is 12.7. The molecule has 0 spiro atoms. The largest absolute Gasteiger partial charge is 0.378 e. The Balaban J connectivity index is 1.96. The molecule has 0 radical (unpaired) electrons. The number of alkyl halides is 1. The minimum absolute atomic E-state index is 0.0832. The van der Waals surface area contributed by atoms with Crippen LogP contribution in [0, 0.1) is 0 Å². The smallest absolute Gasteiger partial charge is 0.251 e. The first-order valence-corrected chi connectivity index (χ1v) is 7.47. The van der Waals surface area contributed by atoms with E-state index in [0.717, 1.165) is 5.56 Å². The average Bonchev–Trinajstić information content (AvgIpc) is 2.54. The summed E-state index contributed by atoms with van der Waals surface area (Å²) in [5.41, 5.74) is 1.38. The molecule has 1 atom stereocenters. The van der Waals surface area contributed by atoms with Crippen molar-refractivity contribution < 1.29 is 14.3 Å². The predicted molar refractivity (Wildman–Crippen MR) is 80.3 cm³/mol. The third-order valence-electron chi connectivity index (χ3n) is 3.38. The fourth-order valence-corrected chi connectivity index (χ4v) is 2.36. The Morgan fingerprint density at radius 3 is 2.76 bits per heavy atom. The number of ether oxygens (including phenoxy) is 1. The van der Waals surface area contributed by atoms with E-state index < -0.39 is 6.04 Å². The first-order valence-electron chi connectivity index (χ1n) is 6.94. The topological polar surface area (TPSA) is 58.6 Å². The molecular formula is C15H19ClN2O3. The van der Waals surface area contributed by atoms with Crippen LogP contribution in [-0.2, 0) is 15.4 Å². The number of rotatable bonds is 4. The molecule has 0 saturated carbocycles. The highest BCUT2D eigenvalue weighted by Gasteiger charge is 2.23. The van der Waals surface area contributed by atoms with E-state index in [4.69, 9.17) is 16.3 Å². The molecular weight excluding hydrogens is 292 g/mol. The van der Waals surface area contributed by atoms with Gasteiger partial charge in [0.1, 0.15) is 6.04 Å². The van der Waals surface area contributed by atoms with Crippen molar-refractivity contribution in [3.8, 4) is 0 Å². The van der Waals surface area contributed by atoms with Gasteiger partial charge in [-0.25, -0.2) is 0 Å². The first-order chi connectivity index (χ1) is 10.1. The quantitative estimate of drug-likeness (QED) is 0.855. The molecule has 1 unspecified atom stereocenters. The molecule has 6 heteroatoms. The van der Waals surface area contributed by atoms with Gasteiger partial charge >= 0.3 is 0 Å². The molecule has 1 saturated heterocycles. The summed E-state index contributed by atoms with van der Waals surface area (Å²) >= 11 is 5.76. The van der Waals surface area contributed by atoms with Crippen LogP contribution in [0.2, 0.25) is 0 Å². The van der Waals surface area contributed by atoms with Crippen molar-refractivity contribution in [3.05, 3.63) is 35.4 Å². The van der Waals surface area contributed by atoms with Crippen LogP contribution >= 0.6 is 11.6 Å². The second kappa shape index (κ2) is 7.43. The van der Waals surface area contributed by atoms with Crippen molar-refractivity contribution in [1.82, 2.24) is 10.2 Å². The maximum Gasteiger partial charge on any atom is 0.251 e. The molecule has 114 valence electrons. The number of halogens is 1. The van der Waals surface area contributed by atoms with E-state index in [1.54, 1.807) is 30.0 Å². The maximum absolute atomic E-state index is 12.2. The van der Waals surface area contributed by atoms with Crippen molar-refractivity contribution in [2.24, 2.45) is 0 Å². The van der Waals surface area contributed by atoms with Crippen molar-refractivity contribution in [2.75, 3.05) is 26.3 Å². The highest BCUT2D eigenvalue weighted by atomic mass is 35.5. The molecule has 1 heterocycles. The SMILES string of the molecule is CC(NC(=O)c1cccc(CCl)c1)C(=O)N1CCOCC1. The van der Waals surface area contributed by atoms with E-state index in [-0.39, 0.29) is 11.8 Å². The van der Waals surface area contributed by atoms with Crippen LogP contribution in [0.4, 0.5) is 0 Å². The third-order valence-corrected chi connectivity index (χ3v) is 3.69. The Morgan fingerprint density at radius 2 is 2.10 bits per heavy atom. The summed E-state index contributed by atoms with van der Waals surface area (Å²) in [6, 6.07) is 6.51. The van der Waals surface area contributed by atoms with Crippen LogP contribution in [-0.4, -0.2) is 49.1 Å². The molecule has 1 N–H and O–H groups in total. The number of nitrogens with zero attached hydrogens (tertiary/aromatic N) is 1. The van der Waals surface area contributed by atoms with Gasteiger partial charge in [0.2, 0.25) is 5.91 Å². The molecule has 1 aromatic carbocycles. The minimum Gasteiger partial charge on any atom is -0.378 e. The van der Waals surface area contributed by atoms with Gasteiger partial charge in [-0.2, -0.15) is 0 Å². The molecule has 0 bridgehead atoms. The minimum atomic E-state index is -0.560. The maximum atomic E-state index is 12.2. The Bertz CT molecular complexity index is 515. The summed E-state index contributed by atoms with van der Waals surface area (Å²) in [6.45, 7) is 3.93. The van der Waals surface area contributed by atoms with Crippen LogP contribution < -0.4 is 5.32 Å². The van der Waals surface area contributed by atoms with Crippen molar-refractivity contribution in [3.63, 3.8) is 0 Å². The average molecular weight is 311 g/mol. The zero-order valence-electron chi connectivity index (χ0n) is 12.0. The summed E-state index contributed by atoms with van der Waals surface area (Å²) in [7, 11) is 0. The molecule has 1 aliphatic heterocycles. The van der Waals surface area contributed by atoms with Crippen LogP contribution in [0.5, 0.6) is 0 Å². The van der Waals surface area contributed by atoms with Gasteiger partial charge in [0, 0.05) is 24.5 Å². The highest BCUT2D eigenvalue weighted by Crippen LogP contribution is 2.08. The lowest BCUT2D eigenvalue weighted by molar-refractivity contribution is -0.136. The van der Waals surface area contributed by atoms with Gasteiger partial charge in [-0.05, 0) is 24.6 Å². The van der Waals surface area contributed by atoms with Crippen LogP contribution in [0.25, 0.3) is 0 Å². The van der Waals surface area contributed by atoms with Crippen LogP contribution in [0.1, 0.15) is 22.8 Å². The standard InChI is InChI=1S/C15H19ClN2O3/c1-11(15(20)18-5-7-21-8-6-18)17-14(19)13-4-2-3-12(9-13)10-16/h2-4,9,11H,5-8,10H2,1H3,(H,17,19). The van der Waals surface area contributed by atoms with Gasteiger partial charge < -0.3 is 15.0 Å². The van der Waals surface area contributed by atoms with E-state index in [1.807, 2.05) is 6.07 Å². The fraction of sp³-hybridized carbons (Fsp3) is 0.467. The lowest BCUT2D eigenvalue weighted by Crippen LogP contribution is -2.50. The van der Waals surface area contributed by atoms with Crippen LogP contribution in [0.15, 0.2) is 24.3 Å². The fourth-order valence-electron chi connectivity index (χ4n) is 2.20. The van der Waals surface area contributed by atoms with Crippen LogP contribution in [0.3, 0.4) is 0 Å². The number of morpholine rings is 1. The van der Waals surface area contributed by atoms with Gasteiger partial charge in [-0.1, -0.05) is 12.1 Å². The lowest BCUT2D eigenvalue weighted by atomic mass is 10.1. The Kier molecular flexibility index (Phi) is 5.59. The number of carbonyl (C=O) groups excluding carboxylic acids is 2. The Morgan fingerprint density at radius 1 is 1.38 bits per heavy atom. The van der Waals surface area contributed by atoms with E-state index >= 15 is 0 Å². The van der Waals surface area contributed by atoms with E-state index in [2.05, 4.69) is 5.32 Å². The number of hydrogen-bond acceptors (Lipinski definition) is 3. The summed E-state index contributed by atoms with van der Waals surface area (Å²) in [5, 5.41) is 2.73. The molecule has 21 heavy (non-hydrogen) atoms. The van der Waals surface area contributed by atoms with Gasteiger partial charge in [0.15, 0.2) is 0 Å². The van der Waals surface area contributed by atoms with Crippen molar-refractivity contribution in [1.29, 1.82) is 0 Å². The number of carbonyl (C=O) groups is 2. The molecule has 1 aliphatic rings. The monoisotopic (exact) mass is 310 g/mol. The summed E-state index contributed by atoms with van der Waals surface area (Å²) in [5.74, 6) is -0.000141. The number of hydrogen-bond donors (Lipinski definition) is 1. The normalized spacial score (nSPS) is 16.4. The van der Waals surface area contributed by atoms with Crippen molar-refractivity contribution in [2.45, 2.75) is 18.8 Å². The third kappa shape index (κ3) is 4.19. The van der Waals surface area contributed by atoms with Gasteiger partial charge in [-0.15, -0.1) is 11.6 Å². The Hall–Kier alpha value is -1.59. The van der Waals surface area contributed by atoms with Crippen molar-refractivity contribution >= 4 is 23.4 Å². The second-order valence-corrected chi connectivity index (χ2v) is 5.23. The number of benzene rings is 1. The number of nitrogens with one attached hydrogen (secondary N) is 1. The lowest BCUT2D eigenvalue weighted by Gasteiger charge is -2.29. The van der Waals surface area contributed by atoms with Gasteiger partial charge in [0.05, 0.1) is 13.2 Å². The highest BCUT2D eigenvalue weighted by molar-refractivity contribution is 6.17. The van der Waals surface area contributed by atoms with E-state index in [1.165, 1.54) is 0 Å². The summed E-state index contributed by atoms with van der Waals surface area (Å²) < 4.78 is 5.21. The van der Waals surface area contributed by atoms with Gasteiger partial charge in [-0.3, -0.25) is 9.59 Å². The first kappa shape index (κ1) is 15.8. The molecule has 0 aliphatic carbocycles. The van der Waals surface area contributed by atoms with E-state index in [9.17, 15) is 9.59 Å². The molecule has 5 nitrogen and oxygen atoms in total. The second-order valence-electron chi connectivity index (χ2n) is 4.97.